The van der Waals surface area contributed by atoms with Gasteiger partial charge < -0.3 is 14.8 Å². The van der Waals surface area contributed by atoms with Crippen LogP contribution in [0.25, 0.3) is 0 Å². The zero-order valence-electron chi connectivity index (χ0n) is 8.88. The molecule has 0 aromatic rings. The van der Waals surface area contributed by atoms with E-state index in [4.69, 9.17) is 9.47 Å². The van der Waals surface area contributed by atoms with Gasteiger partial charge in [-0.1, -0.05) is 0 Å². The Bertz CT molecular complexity index is 135. The van der Waals surface area contributed by atoms with Crippen LogP contribution in [-0.4, -0.2) is 39.0 Å². The van der Waals surface area contributed by atoms with Gasteiger partial charge in [0, 0.05) is 26.3 Å². The van der Waals surface area contributed by atoms with E-state index in [0.29, 0.717) is 18.1 Å². The summed E-state index contributed by atoms with van der Waals surface area (Å²) in [6, 6.07) is 0.542. The predicted octanol–water partition coefficient (Wildman–Crippen LogP) is 1.04. The lowest BCUT2D eigenvalue weighted by atomic mass is 10.0. The lowest BCUT2D eigenvalue weighted by Crippen LogP contribution is -2.38. The molecule has 0 bridgehead atoms. The first kappa shape index (κ1) is 11.0. The molecule has 1 fully saturated rings. The molecule has 1 rings (SSSR count). The van der Waals surface area contributed by atoms with E-state index in [1.807, 2.05) is 0 Å². The van der Waals surface area contributed by atoms with E-state index >= 15 is 0 Å². The molecular weight excluding hydrogens is 166 g/mol. The van der Waals surface area contributed by atoms with Crippen molar-refractivity contribution in [1.82, 2.24) is 5.32 Å². The lowest BCUT2D eigenvalue weighted by molar-refractivity contribution is 0.111. The summed E-state index contributed by atoms with van der Waals surface area (Å²) in [6.45, 7) is 7.06. The van der Waals surface area contributed by atoms with Gasteiger partial charge in [-0.05, 0) is 26.2 Å². The molecule has 13 heavy (non-hydrogen) atoms. The van der Waals surface area contributed by atoms with E-state index in [0.717, 1.165) is 19.8 Å². The van der Waals surface area contributed by atoms with Gasteiger partial charge in [0.25, 0.3) is 0 Å². The third-order valence-electron chi connectivity index (χ3n) is 2.80. The molecule has 78 valence electrons. The zero-order chi connectivity index (χ0) is 9.68. The Labute approximate surface area is 80.8 Å². The van der Waals surface area contributed by atoms with Crippen molar-refractivity contribution in [2.75, 3.05) is 26.9 Å². The van der Waals surface area contributed by atoms with Crippen molar-refractivity contribution in [3.63, 3.8) is 0 Å². The van der Waals surface area contributed by atoms with Gasteiger partial charge in [0.15, 0.2) is 0 Å². The van der Waals surface area contributed by atoms with Crippen LogP contribution in [0.5, 0.6) is 0 Å². The minimum atomic E-state index is 0.296. The Morgan fingerprint density at radius 3 is 2.85 bits per heavy atom. The Kier molecular flexibility index (Phi) is 4.70. The van der Waals surface area contributed by atoms with Gasteiger partial charge in [-0.3, -0.25) is 0 Å². The van der Waals surface area contributed by atoms with Crippen LogP contribution in [0.1, 0.15) is 20.3 Å². The van der Waals surface area contributed by atoms with Crippen molar-refractivity contribution in [2.24, 2.45) is 5.92 Å². The Hall–Kier alpha value is -0.120. The number of hydrogen-bond donors (Lipinski definition) is 1. The quantitative estimate of drug-likeness (QED) is 0.697. The fourth-order valence-corrected chi connectivity index (χ4v) is 1.55. The smallest absolute Gasteiger partial charge is 0.0667 e. The molecule has 1 saturated heterocycles. The molecule has 0 aliphatic carbocycles. The summed E-state index contributed by atoms with van der Waals surface area (Å²) < 4.78 is 10.5. The monoisotopic (exact) mass is 187 g/mol. The summed E-state index contributed by atoms with van der Waals surface area (Å²) in [7, 11) is 1.75. The van der Waals surface area contributed by atoms with Crippen LogP contribution >= 0.6 is 0 Å². The van der Waals surface area contributed by atoms with Gasteiger partial charge in [-0.2, -0.15) is 0 Å². The molecule has 0 aromatic heterocycles. The average molecular weight is 187 g/mol. The number of ether oxygens (including phenoxy) is 2. The van der Waals surface area contributed by atoms with Gasteiger partial charge in [0.2, 0.25) is 0 Å². The molecule has 1 heterocycles. The number of nitrogens with one attached hydrogen (secondary N) is 1. The van der Waals surface area contributed by atoms with Crippen molar-refractivity contribution < 1.29 is 9.47 Å². The van der Waals surface area contributed by atoms with E-state index < -0.39 is 0 Å². The van der Waals surface area contributed by atoms with Gasteiger partial charge in [0.1, 0.15) is 0 Å². The minimum Gasteiger partial charge on any atom is -0.381 e. The molecule has 0 spiro atoms. The van der Waals surface area contributed by atoms with E-state index in [9.17, 15) is 0 Å². The van der Waals surface area contributed by atoms with E-state index in [1.165, 1.54) is 6.42 Å². The van der Waals surface area contributed by atoms with Crippen LogP contribution in [0.3, 0.4) is 0 Å². The molecule has 3 heteroatoms. The molecule has 0 aromatic carbocycles. The molecule has 0 radical (unpaired) electrons. The maximum atomic E-state index is 5.34. The fraction of sp³-hybridized carbons (Fsp3) is 1.00. The highest BCUT2D eigenvalue weighted by molar-refractivity contribution is 4.76. The molecule has 0 saturated carbocycles. The molecule has 1 aliphatic heterocycles. The summed E-state index contributed by atoms with van der Waals surface area (Å²) in [5.74, 6) is 0.684. The van der Waals surface area contributed by atoms with Crippen LogP contribution < -0.4 is 5.32 Å². The van der Waals surface area contributed by atoms with E-state index in [1.54, 1.807) is 7.11 Å². The van der Waals surface area contributed by atoms with Crippen LogP contribution in [-0.2, 0) is 9.47 Å². The zero-order valence-corrected chi connectivity index (χ0v) is 8.88. The van der Waals surface area contributed by atoms with Crippen molar-refractivity contribution in [2.45, 2.75) is 32.4 Å². The van der Waals surface area contributed by atoms with Crippen LogP contribution in [0, 0.1) is 5.92 Å². The number of hydrogen-bond acceptors (Lipinski definition) is 3. The lowest BCUT2D eigenvalue weighted by Gasteiger charge is -2.21. The molecule has 1 aliphatic rings. The topological polar surface area (TPSA) is 30.5 Å². The Balaban J connectivity index is 2.12. The first-order valence-electron chi connectivity index (χ1n) is 5.08. The highest BCUT2D eigenvalue weighted by Gasteiger charge is 2.21. The van der Waals surface area contributed by atoms with E-state index in [-0.39, 0.29) is 0 Å². The second-order valence-electron chi connectivity index (χ2n) is 3.87. The molecule has 3 unspecified atom stereocenters. The highest BCUT2D eigenvalue weighted by atomic mass is 16.5. The van der Waals surface area contributed by atoms with Crippen LogP contribution in [0.4, 0.5) is 0 Å². The van der Waals surface area contributed by atoms with Gasteiger partial charge in [-0.25, -0.2) is 0 Å². The number of methoxy groups -OCH3 is 1. The van der Waals surface area contributed by atoms with Gasteiger partial charge >= 0.3 is 0 Å². The van der Waals surface area contributed by atoms with Crippen molar-refractivity contribution >= 4 is 0 Å². The number of rotatable bonds is 5. The van der Waals surface area contributed by atoms with Crippen LogP contribution in [0.2, 0.25) is 0 Å². The van der Waals surface area contributed by atoms with E-state index in [2.05, 4.69) is 19.2 Å². The second kappa shape index (κ2) is 5.58. The molecule has 1 N–H and O–H groups in total. The summed E-state index contributed by atoms with van der Waals surface area (Å²) >= 11 is 0. The first-order valence-corrected chi connectivity index (χ1v) is 5.08. The largest absolute Gasteiger partial charge is 0.381 e. The van der Waals surface area contributed by atoms with Crippen molar-refractivity contribution in [1.29, 1.82) is 0 Å². The second-order valence-corrected chi connectivity index (χ2v) is 3.87. The standard InChI is InChI=1S/C10H21NO2/c1-8(12-3)6-11-9(2)10-4-5-13-7-10/h8-11H,4-7H2,1-3H3. The average Bonchev–Trinajstić information content (AvgIpc) is 2.66. The predicted molar refractivity (Wildman–Crippen MR) is 52.9 cm³/mol. The highest BCUT2D eigenvalue weighted by Crippen LogP contribution is 2.16. The third kappa shape index (κ3) is 3.63. The Morgan fingerprint density at radius 1 is 1.54 bits per heavy atom. The Morgan fingerprint density at radius 2 is 2.31 bits per heavy atom. The maximum Gasteiger partial charge on any atom is 0.0667 e. The molecule has 3 atom stereocenters. The molecular formula is C10H21NO2. The minimum absolute atomic E-state index is 0.296. The van der Waals surface area contributed by atoms with Crippen LogP contribution in [0.15, 0.2) is 0 Å². The maximum absolute atomic E-state index is 5.34. The third-order valence-corrected chi connectivity index (χ3v) is 2.80. The summed E-state index contributed by atoms with van der Waals surface area (Å²) in [5, 5.41) is 3.47. The summed E-state index contributed by atoms with van der Waals surface area (Å²) in [6.07, 6.45) is 1.49. The summed E-state index contributed by atoms with van der Waals surface area (Å²) in [4.78, 5) is 0. The molecule has 0 amide bonds. The fourth-order valence-electron chi connectivity index (χ4n) is 1.55. The normalized spacial score (nSPS) is 27.5. The van der Waals surface area contributed by atoms with Gasteiger partial charge in [-0.15, -0.1) is 0 Å². The summed E-state index contributed by atoms with van der Waals surface area (Å²) in [5.41, 5.74) is 0. The van der Waals surface area contributed by atoms with Gasteiger partial charge in [0.05, 0.1) is 12.7 Å². The van der Waals surface area contributed by atoms with Crippen molar-refractivity contribution in [3.05, 3.63) is 0 Å². The van der Waals surface area contributed by atoms with Crippen molar-refractivity contribution in [3.8, 4) is 0 Å². The first-order chi connectivity index (χ1) is 6.24. The molecule has 3 nitrogen and oxygen atoms in total. The SMILES string of the molecule is COC(C)CNC(C)C1CCOC1.